The van der Waals surface area contributed by atoms with Gasteiger partial charge < -0.3 is 20.9 Å². The molecule has 0 unspecified atom stereocenters. The van der Waals surface area contributed by atoms with Crippen LogP contribution in [0, 0.1) is 6.92 Å². The van der Waals surface area contributed by atoms with Gasteiger partial charge in [-0.3, -0.25) is 9.59 Å². The second kappa shape index (κ2) is 10.2. The number of carbonyl (C=O) groups excluding carboxylic acids is 2. The van der Waals surface area contributed by atoms with E-state index in [-0.39, 0.29) is 22.7 Å². The molecule has 1 heterocycles. The first-order valence-corrected chi connectivity index (χ1v) is 10.0. The topological polar surface area (TPSA) is 144 Å². The number of methoxy groups -OCH3 is 1. The Balaban J connectivity index is 2.10. The zero-order chi connectivity index (χ0) is 24.8. The van der Waals surface area contributed by atoms with Crippen molar-refractivity contribution < 1.29 is 24.2 Å². The van der Waals surface area contributed by atoms with Crippen LogP contribution in [0.3, 0.4) is 0 Å². The lowest BCUT2D eigenvalue weighted by Crippen LogP contribution is -2.16. The quantitative estimate of drug-likeness (QED) is 0.266. The van der Waals surface area contributed by atoms with E-state index in [1.807, 2.05) is 0 Å². The molecular formula is C25H22N4O5. The number of aliphatic imine (C=N–C) groups is 1. The Morgan fingerprint density at radius 1 is 1.15 bits per heavy atom. The van der Waals surface area contributed by atoms with E-state index in [4.69, 9.17) is 10.5 Å². The molecule has 9 nitrogen and oxygen atoms in total. The van der Waals surface area contributed by atoms with Crippen LogP contribution < -0.4 is 15.8 Å². The van der Waals surface area contributed by atoms with E-state index in [2.05, 4.69) is 21.9 Å². The third kappa shape index (κ3) is 4.99. The summed E-state index contributed by atoms with van der Waals surface area (Å²) in [5, 5.41) is 12.5. The predicted molar refractivity (Wildman–Crippen MR) is 129 cm³/mol. The van der Waals surface area contributed by atoms with Gasteiger partial charge in [0, 0.05) is 39.2 Å². The Hall–Kier alpha value is -4.79. The van der Waals surface area contributed by atoms with Crippen LogP contribution in [-0.2, 0) is 4.79 Å². The average Bonchev–Trinajstić information content (AvgIpc) is 2.83. The smallest absolute Gasteiger partial charge is 0.355 e. The molecule has 3 rings (SSSR count). The van der Waals surface area contributed by atoms with Crippen molar-refractivity contribution in [2.75, 3.05) is 12.4 Å². The van der Waals surface area contributed by atoms with Crippen LogP contribution in [0.2, 0.25) is 0 Å². The van der Waals surface area contributed by atoms with E-state index in [0.29, 0.717) is 40.2 Å². The molecule has 0 saturated carbocycles. The molecule has 0 bridgehead atoms. The number of amides is 2. The number of aromatic carboxylic acids is 1. The maximum Gasteiger partial charge on any atom is 0.355 e. The number of aryl methyl sites for hydroxylation is 1. The molecule has 2 aromatic carbocycles. The number of carboxylic acid groups (broad SMARTS) is 1. The van der Waals surface area contributed by atoms with E-state index in [1.165, 1.54) is 13.2 Å². The average molecular weight is 458 g/mol. The van der Waals surface area contributed by atoms with Crippen LogP contribution in [0.1, 0.15) is 37.7 Å². The molecule has 0 fully saturated rings. The number of rotatable bonds is 8. The lowest BCUT2D eigenvalue weighted by atomic mass is 9.94. The summed E-state index contributed by atoms with van der Waals surface area (Å²) < 4.78 is 5.41. The first-order valence-electron chi connectivity index (χ1n) is 10.0. The van der Waals surface area contributed by atoms with Crippen molar-refractivity contribution in [1.82, 2.24) is 4.98 Å². The van der Waals surface area contributed by atoms with Crippen LogP contribution in [0.5, 0.6) is 5.75 Å². The van der Waals surface area contributed by atoms with E-state index in [9.17, 15) is 19.5 Å². The molecule has 0 aliphatic carbocycles. The summed E-state index contributed by atoms with van der Waals surface area (Å²) in [5.74, 6) is -1.23. The van der Waals surface area contributed by atoms with Crippen molar-refractivity contribution in [2.24, 2.45) is 10.7 Å². The number of hydrogen-bond donors (Lipinski definition) is 3. The van der Waals surface area contributed by atoms with Crippen molar-refractivity contribution in [3.8, 4) is 16.9 Å². The summed E-state index contributed by atoms with van der Waals surface area (Å²) in [5.41, 5.74) is 8.38. The predicted octanol–water partition coefficient (Wildman–Crippen LogP) is 3.52. The molecule has 0 saturated heterocycles. The SMILES string of the molecule is C=Cc1cc(C(=O)Nc2ccc(C(N)=NC=O)cc2)c(-c2ccc(C)nc2C(=O)O)cc1OC. The van der Waals surface area contributed by atoms with E-state index >= 15 is 0 Å². The van der Waals surface area contributed by atoms with Crippen LogP contribution in [0.25, 0.3) is 17.2 Å². The van der Waals surface area contributed by atoms with Crippen LogP contribution in [0.4, 0.5) is 5.69 Å². The summed E-state index contributed by atoms with van der Waals surface area (Å²) in [6, 6.07) is 12.9. The van der Waals surface area contributed by atoms with Gasteiger partial charge in [-0.2, -0.15) is 4.99 Å². The number of nitrogens with two attached hydrogens (primary N) is 1. The second-order valence-electron chi connectivity index (χ2n) is 7.15. The number of carbonyl (C=O) groups is 3. The molecule has 0 radical (unpaired) electrons. The summed E-state index contributed by atoms with van der Waals surface area (Å²) in [6.45, 7) is 5.44. The molecule has 9 heteroatoms. The Morgan fingerprint density at radius 2 is 1.85 bits per heavy atom. The van der Waals surface area contributed by atoms with Crippen LogP contribution in [-0.4, -0.2) is 41.3 Å². The van der Waals surface area contributed by atoms with Crippen molar-refractivity contribution in [3.63, 3.8) is 0 Å². The lowest BCUT2D eigenvalue weighted by molar-refractivity contribution is -0.106. The molecule has 0 aliphatic heterocycles. The lowest BCUT2D eigenvalue weighted by Gasteiger charge is -2.16. The molecule has 0 aliphatic rings. The number of carboxylic acids is 1. The summed E-state index contributed by atoms with van der Waals surface area (Å²) in [7, 11) is 1.47. The minimum atomic E-state index is -1.22. The fourth-order valence-electron chi connectivity index (χ4n) is 3.33. The molecule has 172 valence electrons. The number of aromatic nitrogens is 1. The fourth-order valence-corrected chi connectivity index (χ4v) is 3.33. The minimum absolute atomic E-state index is 0.0500. The zero-order valence-corrected chi connectivity index (χ0v) is 18.5. The Kier molecular flexibility index (Phi) is 7.17. The van der Waals surface area contributed by atoms with Gasteiger partial charge in [-0.25, -0.2) is 9.78 Å². The highest BCUT2D eigenvalue weighted by atomic mass is 16.5. The number of nitrogens with zero attached hydrogens (tertiary/aromatic N) is 2. The molecule has 4 N–H and O–H groups in total. The third-order valence-electron chi connectivity index (χ3n) is 4.99. The van der Waals surface area contributed by atoms with Crippen molar-refractivity contribution in [3.05, 3.63) is 83.2 Å². The molecule has 3 aromatic rings. The number of nitrogens with one attached hydrogen (secondary N) is 1. The third-order valence-corrected chi connectivity index (χ3v) is 4.99. The molecular weight excluding hydrogens is 436 g/mol. The number of anilines is 1. The number of benzene rings is 2. The minimum Gasteiger partial charge on any atom is -0.496 e. The summed E-state index contributed by atoms with van der Waals surface area (Å²) in [4.78, 5) is 43.3. The van der Waals surface area contributed by atoms with Gasteiger partial charge in [0.15, 0.2) is 5.69 Å². The molecule has 34 heavy (non-hydrogen) atoms. The van der Waals surface area contributed by atoms with Gasteiger partial charge in [0.2, 0.25) is 6.41 Å². The number of pyridine rings is 1. The summed E-state index contributed by atoms with van der Waals surface area (Å²) in [6.07, 6.45) is 1.88. The second-order valence-corrected chi connectivity index (χ2v) is 7.15. The fraction of sp³-hybridized carbons (Fsp3) is 0.0800. The highest BCUT2D eigenvalue weighted by Crippen LogP contribution is 2.34. The van der Waals surface area contributed by atoms with Gasteiger partial charge in [0.25, 0.3) is 5.91 Å². The number of ether oxygens (including phenoxy) is 1. The van der Waals surface area contributed by atoms with Gasteiger partial charge >= 0.3 is 5.97 Å². The van der Waals surface area contributed by atoms with Gasteiger partial charge in [-0.1, -0.05) is 18.7 Å². The Labute approximate surface area is 195 Å². The molecule has 0 atom stereocenters. The van der Waals surface area contributed by atoms with Crippen LogP contribution >= 0.6 is 0 Å². The highest BCUT2D eigenvalue weighted by molar-refractivity contribution is 6.11. The van der Waals surface area contributed by atoms with Gasteiger partial charge in [-0.05, 0) is 49.4 Å². The van der Waals surface area contributed by atoms with Gasteiger partial charge in [0.05, 0.1) is 7.11 Å². The number of amidine groups is 1. The van der Waals surface area contributed by atoms with Gasteiger partial charge in [-0.15, -0.1) is 0 Å². The Morgan fingerprint density at radius 3 is 2.44 bits per heavy atom. The summed E-state index contributed by atoms with van der Waals surface area (Å²) >= 11 is 0. The number of hydrogen-bond acceptors (Lipinski definition) is 5. The highest BCUT2D eigenvalue weighted by Gasteiger charge is 2.22. The first-order chi connectivity index (χ1) is 16.3. The van der Waals surface area contributed by atoms with E-state index in [1.54, 1.807) is 55.5 Å². The van der Waals surface area contributed by atoms with Gasteiger partial charge in [0.1, 0.15) is 11.6 Å². The van der Waals surface area contributed by atoms with E-state index < -0.39 is 11.9 Å². The van der Waals surface area contributed by atoms with Crippen LogP contribution in [0.15, 0.2) is 60.1 Å². The van der Waals surface area contributed by atoms with Crippen molar-refractivity contribution in [2.45, 2.75) is 6.92 Å². The normalized spacial score (nSPS) is 10.9. The first kappa shape index (κ1) is 23.9. The molecule has 2 amide bonds. The van der Waals surface area contributed by atoms with E-state index in [0.717, 1.165) is 0 Å². The maximum atomic E-state index is 13.3. The molecule has 0 spiro atoms. The Bertz CT molecular complexity index is 1310. The monoisotopic (exact) mass is 458 g/mol. The standard InChI is InChI=1S/C25H22N4O5/c1-4-15-11-20(24(31)29-17-8-6-16(7-9-17)23(26)27-13-30)19(12-21(15)34-3)18-10-5-14(2)28-22(18)25(32)33/h4-13H,1H2,2-3H3,(H,29,31)(H,32,33)(H2,26,27,30). The zero-order valence-electron chi connectivity index (χ0n) is 18.5. The maximum absolute atomic E-state index is 13.3. The largest absolute Gasteiger partial charge is 0.496 e. The van der Waals surface area contributed by atoms with Crippen molar-refractivity contribution in [1.29, 1.82) is 0 Å². The molecule has 1 aromatic heterocycles. The van der Waals surface area contributed by atoms with Crippen molar-refractivity contribution >= 4 is 35.9 Å².